The molecule has 0 radical (unpaired) electrons. The summed E-state index contributed by atoms with van der Waals surface area (Å²) in [4.78, 5) is 15.3. The molecule has 0 bridgehead atoms. The van der Waals surface area contributed by atoms with Crippen molar-refractivity contribution in [1.82, 2.24) is 15.0 Å². The second kappa shape index (κ2) is 12.6. The smallest absolute Gasteiger partial charge is 0.160 e. The monoisotopic (exact) mass is 645 g/mol. The quantitative estimate of drug-likeness (QED) is 0.181. The molecule has 2 aromatic heterocycles. The Kier molecular flexibility index (Phi) is 7.49. The minimum absolute atomic E-state index is 0.739. The molecule has 4 heteroatoms. The summed E-state index contributed by atoms with van der Waals surface area (Å²) in [5.41, 5.74) is 12.4. The third-order valence-corrected chi connectivity index (χ3v) is 10.4. The maximum Gasteiger partial charge on any atom is 0.160 e. The maximum absolute atomic E-state index is 5.19. The Bertz CT molecular complexity index is 2530. The van der Waals surface area contributed by atoms with Gasteiger partial charge in [0.15, 0.2) is 5.82 Å². The van der Waals surface area contributed by atoms with Crippen molar-refractivity contribution in [3.63, 3.8) is 0 Å². The molecule has 0 atom stereocenters. The molecular weight excluding hydrogens is 615 g/mol. The molecule has 9 rings (SSSR count). The average molecular weight is 646 g/mol. The van der Waals surface area contributed by atoms with Crippen molar-refractivity contribution in [3.8, 4) is 44.3 Å². The van der Waals surface area contributed by atoms with E-state index in [9.17, 15) is 0 Å². The van der Waals surface area contributed by atoms with E-state index >= 15 is 0 Å². The van der Waals surface area contributed by atoms with Gasteiger partial charge in [0.05, 0.1) is 21.6 Å². The fourth-order valence-corrected chi connectivity index (χ4v) is 7.73. The van der Waals surface area contributed by atoms with Crippen LogP contribution in [0.15, 0.2) is 164 Å². The fourth-order valence-electron chi connectivity index (χ4n) is 6.78. The van der Waals surface area contributed by atoms with E-state index in [0.29, 0.717) is 0 Å². The van der Waals surface area contributed by atoms with Gasteiger partial charge in [-0.1, -0.05) is 146 Å². The van der Waals surface area contributed by atoms with Crippen LogP contribution in [0.5, 0.6) is 0 Å². The molecule has 0 spiro atoms. The van der Waals surface area contributed by atoms with Crippen LogP contribution in [0.3, 0.4) is 0 Å². The van der Waals surface area contributed by atoms with Gasteiger partial charge in [-0.15, -0.1) is 11.3 Å². The average Bonchev–Trinajstić information content (AvgIpc) is 3.62. The summed E-state index contributed by atoms with van der Waals surface area (Å²) in [5.74, 6) is 0.739. The maximum atomic E-state index is 5.19. The van der Waals surface area contributed by atoms with E-state index in [2.05, 4.69) is 140 Å². The van der Waals surface area contributed by atoms with Crippen molar-refractivity contribution in [2.45, 2.75) is 12.8 Å². The van der Waals surface area contributed by atoms with Crippen molar-refractivity contribution in [2.24, 2.45) is 0 Å². The van der Waals surface area contributed by atoms with E-state index < -0.39 is 0 Å². The topological polar surface area (TPSA) is 38.7 Å². The number of nitrogens with zero attached hydrogens (tertiary/aromatic N) is 3. The van der Waals surface area contributed by atoms with Crippen molar-refractivity contribution < 1.29 is 0 Å². The number of thiazole rings is 1. The number of benzene rings is 6. The Morgan fingerprint density at radius 1 is 0.429 bits per heavy atom. The summed E-state index contributed by atoms with van der Waals surface area (Å²) in [6.07, 6.45) is 6.40. The zero-order valence-electron chi connectivity index (χ0n) is 26.8. The lowest BCUT2D eigenvalue weighted by Gasteiger charge is -2.17. The van der Waals surface area contributed by atoms with Gasteiger partial charge < -0.3 is 0 Å². The number of hydrogen-bond acceptors (Lipinski definition) is 4. The first-order valence-electron chi connectivity index (χ1n) is 16.7. The highest BCUT2D eigenvalue weighted by Gasteiger charge is 2.18. The van der Waals surface area contributed by atoms with Crippen LogP contribution >= 0.6 is 11.3 Å². The standard InChI is InChI=1S/C45H31N3S/c1-4-12-30(13-5-1)31-20-22-32(23-21-31)40-29-41(47-44(46-40)33-14-6-2-7-15-33)39-26-25-36(37-18-10-11-19-38(37)39)35-24-27-43-42(28-35)48-45(49-43)34-16-8-3-9-17-34/h1-20,22,24-29H,21,23H2. The first-order chi connectivity index (χ1) is 24.3. The van der Waals surface area contributed by atoms with Crippen molar-refractivity contribution >= 4 is 43.5 Å². The third-order valence-electron chi connectivity index (χ3n) is 9.30. The largest absolute Gasteiger partial charge is 0.236 e. The second-order valence-electron chi connectivity index (χ2n) is 12.4. The summed E-state index contributed by atoms with van der Waals surface area (Å²) in [5, 5.41) is 3.39. The van der Waals surface area contributed by atoms with Gasteiger partial charge in [0.1, 0.15) is 5.01 Å². The summed E-state index contributed by atoms with van der Waals surface area (Å²) in [6, 6.07) is 53.3. The van der Waals surface area contributed by atoms with Crippen LogP contribution in [-0.2, 0) is 0 Å². The molecule has 0 aliphatic heterocycles. The third kappa shape index (κ3) is 5.67. The molecule has 2 heterocycles. The molecule has 8 aromatic rings. The molecule has 49 heavy (non-hydrogen) atoms. The van der Waals surface area contributed by atoms with Gasteiger partial charge in [-0.2, -0.15) is 0 Å². The van der Waals surface area contributed by atoms with Crippen LogP contribution in [0.4, 0.5) is 0 Å². The molecule has 0 saturated heterocycles. The van der Waals surface area contributed by atoms with Crippen molar-refractivity contribution in [1.29, 1.82) is 0 Å². The lowest BCUT2D eigenvalue weighted by molar-refractivity contribution is 1.04. The summed E-state index contributed by atoms with van der Waals surface area (Å²) >= 11 is 1.74. The molecule has 1 aliphatic carbocycles. The van der Waals surface area contributed by atoms with Crippen LogP contribution in [0.1, 0.15) is 24.1 Å². The van der Waals surface area contributed by atoms with Crippen LogP contribution in [-0.4, -0.2) is 15.0 Å². The van der Waals surface area contributed by atoms with E-state index in [-0.39, 0.29) is 0 Å². The van der Waals surface area contributed by atoms with Crippen LogP contribution in [0.25, 0.3) is 76.5 Å². The van der Waals surface area contributed by atoms with E-state index in [1.54, 1.807) is 11.3 Å². The first kappa shape index (κ1) is 29.2. The Morgan fingerprint density at radius 2 is 1.02 bits per heavy atom. The summed E-state index contributed by atoms with van der Waals surface area (Å²) < 4.78 is 1.19. The summed E-state index contributed by atoms with van der Waals surface area (Å²) in [6.45, 7) is 0. The van der Waals surface area contributed by atoms with Gasteiger partial charge in [0.25, 0.3) is 0 Å². The highest BCUT2D eigenvalue weighted by atomic mass is 32.1. The van der Waals surface area contributed by atoms with Crippen LogP contribution in [0.2, 0.25) is 0 Å². The number of hydrogen-bond donors (Lipinski definition) is 0. The highest BCUT2D eigenvalue weighted by molar-refractivity contribution is 7.21. The second-order valence-corrected chi connectivity index (χ2v) is 13.4. The van der Waals surface area contributed by atoms with Crippen LogP contribution < -0.4 is 0 Å². The Morgan fingerprint density at radius 3 is 1.73 bits per heavy atom. The Balaban J connectivity index is 1.15. The van der Waals surface area contributed by atoms with Crippen molar-refractivity contribution in [3.05, 3.63) is 175 Å². The fraction of sp³-hybridized carbons (Fsp3) is 0.0444. The minimum Gasteiger partial charge on any atom is -0.236 e. The lowest BCUT2D eigenvalue weighted by Crippen LogP contribution is -2.01. The molecular formula is C45H31N3S. The van der Waals surface area contributed by atoms with E-state index in [0.717, 1.165) is 68.2 Å². The van der Waals surface area contributed by atoms with Gasteiger partial charge in [-0.05, 0) is 69.6 Å². The number of fused-ring (bicyclic) bond motifs is 2. The van der Waals surface area contributed by atoms with E-state index in [1.807, 2.05) is 24.3 Å². The minimum atomic E-state index is 0.739. The molecule has 0 saturated carbocycles. The van der Waals surface area contributed by atoms with Gasteiger partial charge in [0.2, 0.25) is 0 Å². The number of aromatic nitrogens is 3. The molecule has 6 aromatic carbocycles. The molecule has 0 N–H and O–H groups in total. The molecule has 1 aliphatic rings. The Labute approximate surface area is 289 Å². The number of rotatable bonds is 6. The van der Waals surface area contributed by atoms with Gasteiger partial charge in [0, 0.05) is 16.7 Å². The van der Waals surface area contributed by atoms with Gasteiger partial charge in [-0.25, -0.2) is 15.0 Å². The number of allylic oxidation sites excluding steroid dienone is 4. The SMILES string of the molecule is C1=C(c2ccccc2)CCC(c2cc(-c3ccc(-c4ccc5sc(-c6ccccc6)nc5c4)c4ccccc34)nc(-c3ccccc3)n2)=C1. The normalized spacial score (nSPS) is 13.0. The molecule has 3 nitrogen and oxygen atoms in total. The van der Waals surface area contributed by atoms with Gasteiger partial charge >= 0.3 is 0 Å². The molecule has 232 valence electrons. The Hall–Kier alpha value is -5.97. The predicted octanol–water partition coefficient (Wildman–Crippen LogP) is 12.2. The van der Waals surface area contributed by atoms with Crippen molar-refractivity contribution in [2.75, 3.05) is 0 Å². The van der Waals surface area contributed by atoms with Crippen LogP contribution in [0, 0.1) is 0 Å². The molecule has 0 fully saturated rings. The van der Waals surface area contributed by atoms with E-state index in [4.69, 9.17) is 15.0 Å². The molecule has 0 amide bonds. The van der Waals surface area contributed by atoms with E-state index in [1.165, 1.54) is 32.4 Å². The zero-order chi connectivity index (χ0) is 32.6. The zero-order valence-corrected chi connectivity index (χ0v) is 27.6. The summed E-state index contributed by atoms with van der Waals surface area (Å²) in [7, 11) is 0. The molecule has 0 unspecified atom stereocenters. The first-order valence-corrected chi connectivity index (χ1v) is 17.5. The highest BCUT2D eigenvalue weighted by Crippen LogP contribution is 2.39. The lowest BCUT2D eigenvalue weighted by atomic mass is 9.90. The van der Waals surface area contributed by atoms with Gasteiger partial charge in [-0.3, -0.25) is 0 Å². The predicted molar refractivity (Wildman–Crippen MR) is 206 cm³/mol.